The van der Waals surface area contributed by atoms with Crippen molar-refractivity contribution in [1.82, 2.24) is 14.3 Å². The molecule has 1 N–H and O–H groups in total. The van der Waals surface area contributed by atoms with Crippen LogP contribution in [0.2, 0.25) is 0 Å². The first-order valence-electron chi connectivity index (χ1n) is 8.14. The molecule has 0 saturated carbocycles. The Hall–Kier alpha value is -2.18. The number of rotatable bonds is 3. The monoisotopic (exact) mass is 341 g/mol. The van der Waals surface area contributed by atoms with Gasteiger partial charge in [0.05, 0.1) is 15.9 Å². The van der Waals surface area contributed by atoms with E-state index in [1.807, 2.05) is 30.3 Å². The Kier molecular flexibility index (Phi) is 3.86. The van der Waals surface area contributed by atoms with E-state index >= 15 is 0 Å². The molecule has 0 spiro atoms. The lowest BCUT2D eigenvalue weighted by Gasteiger charge is -2.31. The number of hydrogen-bond acceptors (Lipinski definition) is 3. The number of nitrogens with zero attached hydrogens (tertiary/aromatic N) is 2. The number of hydrogen-bond donors (Lipinski definition) is 1. The van der Waals surface area contributed by atoms with Crippen LogP contribution in [0.15, 0.2) is 59.5 Å². The third-order valence-electron chi connectivity index (χ3n) is 4.56. The van der Waals surface area contributed by atoms with Gasteiger partial charge in [-0.15, -0.1) is 0 Å². The molecule has 0 bridgehead atoms. The lowest BCUT2D eigenvalue weighted by Crippen LogP contribution is -2.39. The van der Waals surface area contributed by atoms with Crippen molar-refractivity contribution in [2.24, 2.45) is 0 Å². The maximum atomic E-state index is 12.8. The summed E-state index contributed by atoms with van der Waals surface area (Å²) in [6.45, 7) is 1.03. The van der Waals surface area contributed by atoms with Gasteiger partial charge in [0.1, 0.15) is 5.82 Å². The van der Waals surface area contributed by atoms with Crippen molar-refractivity contribution in [2.45, 2.75) is 23.7 Å². The minimum atomic E-state index is -3.44. The summed E-state index contributed by atoms with van der Waals surface area (Å²) < 4.78 is 27.3. The van der Waals surface area contributed by atoms with Gasteiger partial charge in [-0.3, -0.25) is 0 Å². The van der Waals surface area contributed by atoms with Crippen LogP contribution in [-0.2, 0) is 10.0 Å². The molecule has 1 fully saturated rings. The lowest BCUT2D eigenvalue weighted by molar-refractivity contribution is 0.310. The molecule has 5 nitrogen and oxygen atoms in total. The van der Waals surface area contributed by atoms with Gasteiger partial charge in [0, 0.05) is 19.0 Å². The summed E-state index contributed by atoms with van der Waals surface area (Å²) in [5.41, 5.74) is 1.92. The van der Waals surface area contributed by atoms with Crippen molar-refractivity contribution in [3.8, 4) is 0 Å². The van der Waals surface area contributed by atoms with Gasteiger partial charge in [0.25, 0.3) is 0 Å². The van der Waals surface area contributed by atoms with Crippen molar-refractivity contribution in [3.05, 3.63) is 60.4 Å². The number of sulfonamides is 1. The standard InChI is InChI=1S/C18H19N3O2S/c22-24(23,15-8-2-1-3-9-15)21-12-6-7-14(13-21)18-19-16-10-4-5-11-17(16)20-18/h1-5,8-11,14H,6-7,12-13H2,(H,19,20). The molecule has 1 aliphatic heterocycles. The molecule has 1 atom stereocenters. The number of H-pyrrole nitrogens is 1. The number of imidazole rings is 1. The first-order valence-corrected chi connectivity index (χ1v) is 9.58. The molecular formula is C18H19N3O2S. The molecular weight excluding hydrogens is 322 g/mol. The van der Waals surface area contributed by atoms with Crippen molar-refractivity contribution < 1.29 is 8.42 Å². The Balaban J connectivity index is 1.62. The fourth-order valence-corrected chi connectivity index (χ4v) is 4.84. The second-order valence-electron chi connectivity index (χ2n) is 6.15. The first kappa shape index (κ1) is 15.4. The Labute approximate surface area is 141 Å². The molecule has 4 rings (SSSR count). The van der Waals surface area contributed by atoms with Gasteiger partial charge >= 0.3 is 0 Å². The molecule has 0 amide bonds. The molecule has 1 aliphatic rings. The van der Waals surface area contributed by atoms with Gasteiger partial charge in [-0.2, -0.15) is 4.31 Å². The van der Waals surface area contributed by atoms with Crippen LogP contribution in [0.3, 0.4) is 0 Å². The summed E-state index contributed by atoms with van der Waals surface area (Å²) in [6, 6.07) is 16.5. The lowest BCUT2D eigenvalue weighted by atomic mass is 9.99. The van der Waals surface area contributed by atoms with E-state index in [1.165, 1.54) is 0 Å². The molecule has 2 aromatic carbocycles. The summed E-state index contributed by atoms with van der Waals surface area (Å²) in [5.74, 6) is 0.980. The predicted octanol–water partition coefficient (Wildman–Crippen LogP) is 3.13. The number of benzene rings is 2. The number of aromatic amines is 1. The molecule has 0 radical (unpaired) electrons. The molecule has 0 aliphatic carbocycles. The van der Waals surface area contributed by atoms with Crippen LogP contribution < -0.4 is 0 Å². The van der Waals surface area contributed by atoms with Gasteiger partial charge in [-0.05, 0) is 37.1 Å². The van der Waals surface area contributed by atoms with Crippen LogP contribution in [0.5, 0.6) is 0 Å². The van der Waals surface area contributed by atoms with E-state index in [4.69, 9.17) is 0 Å². The normalized spacial score (nSPS) is 19.6. The van der Waals surface area contributed by atoms with E-state index in [0.717, 1.165) is 29.7 Å². The average molecular weight is 341 g/mol. The Morgan fingerprint density at radius 2 is 1.79 bits per heavy atom. The molecule has 1 saturated heterocycles. The van der Waals surface area contributed by atoms with E-state index in [0.29, 0.717) is 18.0 Å². The maximum Gasteiger partial charge on any atom is 0.243 e. The summed E-state index contributed by atoms with van der Waals surface area (Å²) >= 11 is 0. The van der Waals surface area contributed by atoms with E-state index in [9.17, 15) is 8.42 Å². The van der Waals surface area contributed by atoms with Crippen molar-refractivity contribution in [2.75, 3.05) is 13.1 Å². The van der Waals surface area contributed by atoms with Gasteiger partial charge in [0.15, 0.2) is 0 Å². The van der Waals surface area contributed by atoms with Crippen molar-refractivity contribution in [3.63, 3.8) is 0 Å². The highest BCUT2D eigenvalue weighted by Crippen LogP contribution is 2.29. The molecule has 24 heavy (non-hydrogen) atoms. The minimum absolute atomic E-state index is 0.102. The highest BCUT2D eigenvalue weighted by atomic mass is 32.2. The average Bonchev–Trinajstić information content (AvgIpc) is 3.07. The first-order chi connectivity index (χ1) is 11.6. The zero-order chi connectivity index (χ0) is 16.6. The van der Waals surface area contributed by atoms with Crippen LogP contribution in [0, 0.1) is 0 Å². The number of para-hydroxylation sites is 2. The molecule has 1 aromatic heterocycles. The third-order valence-corrected chi connectivity index (χ3v) is 6.44. The minimum Gasteiger partial charge on any atom is -0.342 e. The molecule has 2 heterocycles. The Bertz CT molecular complexity index is 918. The predicted molar refractivity (Wildman–Crippen MR) is 93.3 cm³/mol. The summed E-state index contributed by atoms with van der Waals surface area (Å²) in [6.07, 6.45) is 1.79. The summed E-state index contributed by atoms with van der Waals surface area (Å²) in [7, 11) is -3.44. The van der Waals surface area contributed by atoms with Crippen LogP contribution in [0.1, 0.15) is 24.6 Å². The smallest absolute Gasteiger partial charge is 0.243 e. The maximum absolute atomic E-state index is 12.8. The number of piperidine rings is 1. The quantitative estimate of drug-likeness (QED) is 0.796. The number of fused-ring (bicyclic) bond motifs is 1. The summed E-state index contributed by atoms with van der Waals surface area (Å²) in [5, 5.41) is 0. The van der Waals surface area contributed by atoms with Crippen molar-refractivity contribution in [1.29, 1.82) is 0 Å². The topological polar surface area (TPSA) is 66.1 Å². The van der Waals surface area contributed by atoms with E-state index in [-0.39, 0.29) is 5.92 Å². The number of nitrogens with one attached hydrogen (secondary N) is 1. The fraction of sp³-hybridized carbons (Fsp3) is 0.278. The SMILES string of the molecule is O=S(=O)(c1ccccc1)N1CCCC(c2nc3ccccc3[nH]2)C1. The second-order valence-corrected chi connectivity index (χ2v) is 8.09. The van der Waals surface area contributed by atoms with Gasteiger partial charge < -0.3 is 4.98 Å². The number of aromatic nitrogens is 2. The molecule has 124 valence electrons. The van der Waals surface area contributed by atoms with Crippen molar-refractivity contribution >= 4 is 21.1 Å². The molecule has 1 unspecified atom stereocenters. The second kappa shape index (κ2) is 6.03. The largest absolute Gasteiger partial charge is 0.342 e. The van der Waals surface area contributed by atoms with E-state index in [2.05, 4.69) is 9.97 Å². The van der Waals surface area contributed by atoms with Crippen LogP contribution in [-0.4, -0.2) is 35.8 Å². The van der Waals surface area contributed by atoms with Crippen LogP contribution >= 0.6 is 0 Å². The Morgan fingerprint density at radius 1 is 1.04 bits per heavy atom. The summed E-state index contributed by atoms with van der Waals surface area (Å²) in [4.78, 5) is 8.35. The van der Waals surface area contributed by atoms with Crippen LogP contribution in [0.4, 0.5) is 0 Å². The van der Waals surface area contributed by atoms with Gasteiger partial charge in [-0.25, -0.2) is 13.4 Å². The van der Waals surface area contributed by atoms with E-state index < -0.39 is 10.0 Å². The third kappa shape index (κ3) is 2.72. The highest BCUT2D eigenvalue weighted by molar-refractivity contribution is 7.89. The van der Waals surface area contributed by atoms with Gasteiger partial charge in [-0.1, -0.05) is 30.3 Å². The highest BCUT2D eigenvalue weighted by Gasteiger charge is 2.31. The Morgan fingerprint density at radius 3 is 2.58 bits per heavy atom. The van der Waals surface area contributed by atoms with Crippen LogP contribution in [0.25, 0.3) is 11.0 Å². The zero-order valence-corrected chi connectivity index (χ0v) is 14.0. The van der Waals surface area contributed by atoms with Gasteiger partial charge in [0.2, 0.25) is 10.0 Å². The molecule has 3 aromatic rings. The molecule has 6 heteroatoms. The zero-order valence-electron chi connectivity index (χ0n) is 13.2. The van der Waals surface area contributed by atoms with E-state index in [1.54, 1.807) is 28.6 Å². The fourth-order valence-electron chi connectivity index (χ4n) is 3.29.